The predicted molar refractivity (Wildman–Crippen MR) is 76.5 cm³/mol. The molecule has 0 bridgehead atoms. The molecular weight excluding hydrogens is 271 g/mol. The SMILES string of the molecule is COc1cc(C#N)ccc1OC(CN)c1ccccc1F. The van der Waals surface area contributed by atoms with Crippen LogP contribution in [0.15, 0.2) is 42.5 Å². The Hall–Kier alpha value is -2.58. The third-order valence-corrected chi connectivity index (χ3v) is 3.03. The number of methoxy groups -OCH3 is 1. The van der Waals surface area contributed by atoms with E-state index in [4.69, 9.17) is 20.5 Å². The summed E-state index contributed by atoms with van der Waals surface area (Å²) in [6.45, 7) is 0.115. The van der Waals surface area contributed by atoms with Gasteiger partial charge in [-0.3, -0.25) is 0 Å². The van der Waals surface area contributed by atoms with Crippen LogP contribution in [0.25, 0.3) is 0 Å². The summed E-state index contributed by atoms with van der Waals surface area (Å²) in [6.07, 6.45) is -0.631. The molecule has 0 aliphatic rings. The van der Waals surface area contributed by atoms with Crippen LogP contribution in [0.5, 0.6) is 11.5 Å². The number of nitrogens with two attached hydrogens (primary N) is 1. The van der Waals surface area contributed by atoms with E-state index in [0.717, 1.165) is 0 Å². The monoisotopic (exact) mass is 286 g/mol. The van der Waals surface area contributed by atoms with E-state index < -0.39 is 6.10 Å². The summed E-state index contributed by atoms with van der Waals surface area (Å²) in [5.74, 6) is 0.444. The zero-order valence-electron chi connectivity index (χ0n) is 11.5. The summed E-state index contributed by atoms with van der Waals surface area (Å²) in [5, 5.41) is 8.87. The van der Waals surface area contributed by atoms with Crippen molar-refractivity contribution in [3.05, 3.63) is 59.4 Å². The van der Waals surface area contributed by atoms with E-state index in [-0.39, 0.29) is 12.4 Å². The molecule has 4 nitrogen and oxygen atoms in total. The average Bonchev–Trinajstić information content (AvgIpc) is 2.53. The third-order valence-electron chi connectivity index (χ3n) is 3.03. The molecule has 2 aromatic rings. The number of hydrogen-bond donors (Lipinski definition) is 1. The van der Waals surface area contributed by atoms with Crippen molar-refractivity contribution in [3.8, 4) is 17.6 Å². The summed E-state index contributed by atoms with van der Waals surface area (Å²) in [5.41, 5.74) is 6.52. The Morgan fingerprint density at radius 3 is 2.62 bits per heavy atom. The van der Waals surface area contributed by atoms with Gasteiger partial charge in [-0.15, -0.1) is 0 Å². The minimum absolute atomic E-state index is 0.115. The lowest BCUT2D eigenvalue weighted by Gasteiger charge is -2.20. The second-order valence-corrected chi connectivity index (χ2v) is 4.34. The molecule has 0 saturated heterocycles. The van der Waals surface area contributed by atoms with Crippen LogP contribution in [0.4, 0.5) is 4.39 Å². The molecule has 2 rings (SSSR count). The minimum Gasteiger partial charge on any atom is -0.493 e. The van der Waals surface area contributed by atoms with Crippen molar-refractivity contribution < 1.29 is 13.9 Å². The second kappa shape index (κ2) is 6.73. The van der Waals surface area contributed by atoms with Crippen molar-refractivity contribution in [3.63, 3.8) is 0 Å². The van der Waals surface area contributed by atoms with Crippen LogP contribution in [0.2, 0.25) is 0 Å². The van der Waals surface area contributed by atoms with Gasteiger partial charge in [0.15, 0.2) is 11.5 Å². The Kier molecular flexibility index (Phi) is 4.75. The molecule has 21 heavy (non-hydrogen) atoms. The maximum atomic E-state index is 13.8. The van der Waals surface area contributed by atoms with E-state index in [9.17, 15) is 4.39 Å². The van der Waals surface area contributed by atoms with Gasteiger partial charge in [0.2, 0.25) is 0 Å². The first kappa shape index (κ1) is 14.8. The van der Waals surface area contributed by atoms with Crippen molar-refractivity contribution >= 4 is 0 Å². The summed E-state index contributed by atoms with van der Waals surface area (Å²) >= 11 is 0. The molecule has 0 aromatic heterocycles. The highest BCUT2D eigenvalue weighted by atomic mass is 19.1. The Morgan fingerprint density at radius 2 is 2.00 bits per heavy atom. The lowest BCUT2D eigenvalue weighted by atomic mass is 10.1. The Labute approximate surface area is 122 Å². The lowest BCUT2D eigenvalue weighted by Crippen LogP contribution is -2.19. The zero-order chi connectivity index (χ0) is 15.2. The molecule has 2 N–H and O–H groups in total. The molecule has 1 atom stereocenters. The van der Waals surface area contributed by atoms with Crippen LogP contribution in [-0.4, -0.2) is 13.7 Å². The fraction of sp³-hybridized carbons (Fsp3) is 0.188. The maximum absolute atomic E-state index is 13.8. The molecule has 0 amide bonds. The molecule has 0 heterocycles. The van der Waals surface area contributed by atoms with E-state index in [0.29, 0.717) is 22.6 Å². The molecule has 0 saturated carbocycles. The first-order valence-electron chi connectivity index (χ1n) is 6.39. The van der Waals surface area contributed by atoms with E-state index in [1.165, 1.54) is 13.2 Å². The van der Waals surface area contributed by atoms with Gasteiger partial charge in [0, 0.05) is 18.2 Å². The third kappa shape index (κ3) is 3.30. The van der Waals surface area contributed by atoms with Gasteiger partial charge in [0.05, 0.1) is 18.7 Å². The highest BCUT2D eigenvalue weighted by Crippen LogP contribution is 2.32. The quantitative estimate of drug-likeness (QED) is 0.917. The topological polar surface area (TPSA) is 68.3 Å². The molecule has 1 unspecified atom stereocenters. The highest BCUT2D eigenvalue weighted by Gasteiger charge is 2.17. The smallest absolute Gasteiger partial charge is 0.162 e. The van der Waals surface area contributed by atoms with Crippen molar-refractivity contribution in [1.29, 1.82) is 5.26 Å². The Balaban J connectivity index is 2.31. The van der Waals surface area contributed by atoms with Gasteiger partial charge in [0.25, 0.3) is 0 Å². The van der Waals surface area contributed by atoms with Crippen molar-refractivity contribution in [2.24, 2.45) is 5.73 Å². The van der Waals surface area contributed by atoms with Crippen LogP contribution in [0.3, 0.4) is 0 Å². The molecule has 2 aromatic carbocycles. The van der Waals surface area contributed by atoms with Crippen LogP contribution < -0.4 is 15.2 Å². The minimum atomic E-state index is -0.631. The van der Waals surface area contributed by atoms with Gasteiger partial charge in [-0.2, -0.15) is 5.26 Å². The Morgan fingerprint density at radius 1 is 1.24 bits per heavy atom. The predicted octanol–water partition coefficient (Wildman–Crippen LogP) is 2.78. The van der Waals surface area contributed by atoms with Crippen LogP contribution >= 0.6 is 0 Å². The highest BCUT2D eigenvalue weighted by molar-refractivity contribution is 5.47. The molecule has 0 aliphatic heterocycles. The summed E-state index contributed by atoms with van der Waals surface area (Å²) < 4.78 is 24.8. The molecule has 5 heteroatoms. The Bertz CT molecular complexity index is 668. The van der Waals surface area contributed by atoms with E-state index in [1.54, 1.807) is 36.4 Å². The number of benzene rings is 2. The average molecular weight is 286 g/mol. The standard InChI is InChI=1S/C16H15FN2O2/c1-20-15-8-11(9-18)6-7-14(15)21-16(10-19)12-4-2-3-5-13(12)17/h2-8,16H,10,19H2,1H3. The number of nitriles is 1. The molecule has 0 radical (unpaired) electrons. The van der Waals surface area contributed by atoms with E-state index >= 15 is 0 Å². The van der Waals surface area contributed by atoms with Crippen LogP contribution in [0.1, 0.15) is 17.2 Å². The van der Waals surface area contributed by atoms with E-state index in [2.05, 4.69) is 0 Å². The van der Waals surface area contributed by atoms with Gasteiger partial charge in [-0.25, -0.2) is 4.39 Å². The van der Waals surface area contributed by atoms with Crippen molar-refractivity contribution in [2.45, 2.75) is 6.10 Å². The van der Waals surface area contributed by atoms with Crippen molar-refractivity contribution in [1.82, 2.24) is 0 Å². The summed E-state index contributed by atoms with van der Waals surface area (Å²) in [7, 11) is 1.48. The maximum Gasteiger partial charge on any atom is 0.162 e. The summed E-state index contributed by atoms with van der Waals surface area (Å²) in [4.78, 5) is 0. The molecular formula is C16H15FN2O2. The molecule has 108 valence electrons. The first-order chi connectivity index (χ1) is 10.2. The van der Waals surface area contributed by atoms with Gasteiger partial charge in [-0.05, 0) is 18.2 Å². The van der Waals surface area contributed by atoms with Crippen molar-refractivity contribution in [2.75, 3.05) is 13.7 Å². The summed E-state index contributed by atoms with van der Waals surface area (Å²) in [6, 6.07) is 13.1. The van der Waals surface area contributed by atoms with E-state index in [1.807, 2.05) is 6.07 Å². The molecule has 0 aliphatic carbocycles. The fourth-order valence-electron chi connectivity index (χ4n) is 1.96. The van der Waals surface area contributed by atoms with Crippen LogP contribution in [-0.2, 0) is 0 Å². The number of halogens is 1. The molecule has 0 spiro atoms. The van der Waals surface area contributed by atoms with Crippen LogP contribution in [0, 0.1) is 17.1 Å². The lowest BCUT2D eigenvalue weighted by molar-refractivity contribution is 0.200. The first-order valence-corrected chi connectivity index (χ1v) is 6.39. The fourth-order valence-corrected chi connectivity index (χ4v) is 1.96. The molecule has 0 fully saturated rings. The second-order valence-electron chi connectivity index (χ2n) is 4.34. The van der Waals surface area contributed by atoms with Gasteiger partial charge >= 0.3 is 0 Å². The normalized spacial score (nSPS) is 11.5. The zero-order valence-corrected chi connectivity index (χ0v) is 11.5. The number of rotatable bonds is 5. The number of hydrogen-bond acceptors (Lipinski definition) is 4. The largest absolute Gasteiger partial charge is 0.493 e. The van der Waals surface area contributed by atoms with Gasteiger partial charge in [0.1, 0.15) is 11.9 Å². The van der Waals surface area contributed by atoms with Gasteiger partial charge < -0.3 is 15.2 Å². The number of ether oxygens (including phenoxy) is 2. The van der Waals surface area contributed by atoms with Gasteiger partial charge in [-0.1, -0.05) is 18.2 Å². The number of nitrogens with zero attached hydrogens (tertiary/aromatic N) is 1.